The standard InChI is InChI=1S/C13H15BrN4/c1-4-16-13-11(14)9(3)17-12(18-13)10-7-15-6-5-8(10)2/h5-7H,4H2,1-3H3,(H,16,17,18). The first kappa shape index (κ1) is 13.0. The summed E-state index contributed by atoms with van der Waals surface area (Å²) in [6, 6.07) is 1.96. The Morgan fingerprint density at radius 3 is 2.72 bits per heavy atom. The van der Waals surface area contributed by atoms with Gasteiger partial charge in [-0.3, -0.25) is 4.98 Å². The van der Waals surface area contributed by atoms with Crippen LogP contribution in [0.3, 0.4) is 0 Å². The second-order valence-corrected chi connectivity index (χ2v) is 4.81. The average Bonchev–Trinajstić information content (AvgIpc) is 2.35. The van der Waals surface area contributed by atoms with Crippen LogP contribution in [-0.4, -0.2) is 21.5 Å². The van der Waals surface area contributed by atoms with Crippen molar-refractivity contribution in [3.63, 3.8) is 0 Å². The second-order valence-electron chi connectivity index (χ2n) is 4.02. The largest absolute Gasteiger partial charge is 0.369 e. The highest BCUT2D eigenvalue weighted by Gasteiger charge is 2.11. The van der Waals surface area contributed by atoms with Crippen LogP contribution in [0.25, 0.3) is 11.4 Å². The minimum absolute atomic E-state index is 0.706. The molecule has 2 aromatic heterocycles. The van der Waals surface area contributed by atoms with Crippen LogP contribution in [-0.2, 0) is 0 Å². The maximum Gasteiger partial charge on any atom is 0.163 e. The van der Waals surface area contributed by atoms with Crippen LogP contribution >= 0.6 is 15.9 Å². The number of anilines is 1. The Hall–Kier alpha value is -1.49. The Morgan fingerprint density at radius 1 is 1.28 bits per heavy atom. The van der Waals surface area contributed by atoms with Crippen LogP contribution in [0.1, 0.15) is 18.2 Å². The van der Waals surface area contributed by atoms with E-state index in [1.807, 2.05) is 26.8 Å². The predicted molar refractivity (Wildman–Crippen MR) is 76.6 cm³/mol. The van der Waals surface area contributed by atoms with E-state index in [1.165, 1.54) is 0 Å². The van der Waals surface area contributed by atoms with Gasteiger partial charge in [0.1, 0.15) is 5.82 Å². The Bertz CT molecular complexity index is 569. The maximum atomic E-state index is 4.54. The zero-order valence-electron chi connectivity index (χ0n) is 10.7. The predicted octanol–water partition coefficient (Wildman–Crippen LogP) is 3.35. The van der Waals surface area contributed by atoms with Crippen molar-refractivity contribution in [1.82, 2.24) is 15.0 Å². The molecule has 0 atom stereocenters. The molecule has 0 aliphatic heterocycles. The van der Waals surface area contributed by atoms with Crippen molar-refractivity contribution in [1.29, 1.82) is 0 Å². The summed E-state index contributed by atoms with van der Waals surface area (Å²) in [5.41, 5.74) is 3.00. The van der Waals surface area contributed by atoms with E-state index >= 15 is 0 Å². The first-order valence-corrected chi connectivity index (χ1v) is 6.61. The smallest absolute Gasteiger partial charge is 0.163 e. The number of rotatable bonds is 3. The van der Waals surface area contributed by atoms with Crippen LogP contribution < -0.4 is 5.32 Å². The lowest BCUT2D eigenvalue weighted by atomic mass is 10.1. The lowest BCUT2D eigenvalue weighted by Gasteiger charge is -2.11. The second kappa shape index (κ2) is 5.44. The van der Waals surface area contributed by atoms with Gasteiger partial charge in [0, 0.05) is 24.5 Å². The summed E-state index contributed by atoms with van der Waals surface area (Å²) in [6.45, 7) is 6.85. The molecule has 5 heteroatoms. The number of nitrogens with zero attached hydrogens (tertiary/aromatic N) is 3. The number of nitrogens with one attached hydrogen (secondary N) is 1. The summed E-state index contributed by atoms with van der Waals surface area (Å²) in [5.74, 6) is 1.53. The van der Waals surface area contributed by atoms with Gasteiger partial charge in [0.15, 0.2) is 5.82 Å². The van der Waals surface area contributed by atoms with Gasteiger partial charge in [-0.15, -0.1) is 0 Å². The molecular weight excluding hydrogens is 292 g/mol. The Balaban J connectivity index is 2.56. The topological polar surface area (TPSA) is 50.7 Å². The van der Waals surface area contributed by atoms with E-state index in [0.29, 0.717) is 5.82 Å². The normalized spacial score (nSPS) is 10.4. The molecular formula is C13H15BrN4. The molecule has 0 fully saturated rings. The van der Waals surface area contributed by atoms with Gasteiger partial charge in [-0.05, 0) is 48.3 Å². The summed E-state index contributed by atoms with van der Waals surface area (Å²) in [5, 5.41) is 3.23. The third-order valence-electron chi connectivity index (χ3n) is 2.64. The summed E-state index contributed by atoms with van der Waals surface area (Å²) < 4.78 is 0.912. The molecule has 0 radical (unpaired) electrons. The molecule has 0 unspecified atom stereocenters. The molecule has 1 N–H and O–H groups in total. The minimum atomic E-state index is 0.706. The Labute approximate surface area is 115 Å². The molecule has 2 rings (SSSR count). The molecule has 0 saturated carbocycles. The number of halogens is 1. The van der Waals surface area contributed by atoms with E-state index in [1.54, 1.807) is 12.4 Å². The SMILES string of the molecule is CCNc1nc(-c2cnccc2C)nc(C)c1Br. The summed E-state index contributed by atoms with van der Waals surface area (Å²) in [7, 11) is 0. The molecule has 0 bridgehead atoms. The Kier molecular flexibility index (Phi) is 3.91. The van der Waals surface area contributed by atoms with Crippen LogP contribution in [0.5, 0.6) is 0 Å². The molecule has 0 saturated heterocycles. The van der Waals surface area contributed by atoms with E-state index in [0.717, 1.165) is 33.7 Å². The van der Waals surface area contributed by atoms with Gasteiger partial charge in [-0.25, -0.2) is 9.97 Å². The third-order valence-corrected chi connectivity index (χ3v) is 3.59. The molecule has 2 heterocycles. The van der Waals surface area contributed by atoms with Crippen molar-refractivity contribution in [3.8, 4) is 11.4 Å². The molecule has 94 valence electrons. The lowest BCUT2D eigenvalue weighted by molar-refractivity contribution is 1.06. The highest BCUT2D eigenvalue weighted by atomic mass is 79.9. The first-order chi connectivity index (χ1) is 8.63. The van der Waals surface area contributed by atoms with Crippen molar-refractivity contribution >= 4 is 21.7 Å². The van der Waals surface area contributed by atoms with E-state index in [9.17, 15) is 0 Å². The summed E-state index contributed by atoms with van der Waals surface area (Å²) in [6.07, 6.45) is 3.57. The molecule has 18 heavy (non-hydrogen) atoms. The van der Waals surface area contributed by atoms with Gasteiger partial charge in [0.2, 0.25) is 0 Å². The number of aromatic nitrogens is 3. The highest BCUT2D eigenvalue weighted by molar-refractivity contribution is 9.10. The van der Waals surface area contributed by atoms with Gasteiger partial charge in [-0.2, -0.15) is 0 Å². The van der Waals surface area contributed by atoms with E-state index < -0.39 is 0 Å². The maximum absolute atomic E-state index is 4.54. The van der Waals surface area contributed by atoms with Gasteiger partial charge in [-0.1, -0.05) is 0 Å². The van der Waals surface area contributed by atoms with Crippen molar-refractivity contribution < 1.29 is 0 Å². The van der Waals surface area contributed by atoms with Gasteiger partial charge in [0.05, 0.1) is 10.2 Å². The lowest BCUT2D eigenvalue weighted by Crippen LogP contribution is -2.05. The fourth-order valence-electron chi connectivity index (χ4n) is 1.66. The fraction of sp³-hybridized carbons (Fsp3) is 0.308. The molecule has 0 aromatic carbocycles. The summed E-state index contributed by atoms with van der Waals surface area (Å²) in [4.78, 5) is 13.2. The van der Waals surface area contributed by atoms with E-state index in [2.05, 4.69) is 36.2 Å². The molecule has 0 amide bonds. The quantitative estimate of drug-likeness (QED) is 0.945. The number of aryl methyl sites for hydroxylation is 2. The molecule has 4 nitrogen and oxygen atoms in total. The van der Waals surface area contributed by atoms with Gasteiger partial charge >= 0.3 is 0 Å². The zero-order valence-corrected chi connectivity index (χ0v) is 12.2. The first-order valence-electron chi connectivity index (χ1n) is 5.82. The van der Waals surface area contributed by atoms with E-state index in [-0.39, 0.29) is 0 Å². The average molecular weight is 307 g/mol. The van der Waals surface area contributed by atoms with Crippen molar-refractivity contribution in [2.75, 3.05) is 11.9 Å². The van der Waals surface area contributed by atoms with Crippen molar-refractivity contribution in [3.05, 3.63) is 34.2 Å². The summed E-state index contributed by atoms with van der Waals surface area (Å²) >= 11 is 3.50. The number of hydrogen-bond acceptors (Lipinski definition) is 4. The van der Waals surface area contributed by atoms with Crippen LogP contribution in [0.2, 0.25) is 0 Å². The molecule has 0 aliphatic carbocycles. The molecule has 0 spiro atoms. The van der Waals surface area contributed by atoms with Crippen LogP contribution in [0.4, 0.5) is 5.82 Å². The third kappa shape index (κ3) is 2.51. The zero-order chi connectivity index (χ0) is 13.1. The van der Waals surface area contributed by atoms with Crippen LogP contribution in [0, 0.1) is 13.8 Å². The monoisotopic (exact) mass is 306 g/mol. The van der Waals surface area contributed by atoms with Gasteiger partial charge < -0.3 is 5.32 Å². The number of hydrogen-bond donors (Lipinski definition) is 1. The van der Waals surface area contributed by atoms with Gasteiger partial charge in [0.25, 0.3) is 0 Å². The highest BCUT2D eigenvalue weighted by Crippen LogP contribution is 2.27. The number of pyridine rings is 1. The molecule has 2 aromatic rings. The minimum Gasteiger partial charge on any atom is -0.369 e. The van der Waals surface area contributed by atoms with Crippen molar-refractivity contribution in [2.24, 2.45) is 0 Å². The molecule has 0 aliphatic rings. The van der Waals surface area contributed by atoms with Crippen molar-refractivity contribution in [2.45, 2.75) is 20.8 Å². The van der Waals surface area contributed by atoms with E-state index in [4.69, 9.17) is 0 Å². The Morgan fingerprint density at radius 2 is 2.06 bits per heavy atom. The fourth-order valence-corrected chi connectivity index (χ4v) is 1.98. The van der Waals surface area contributed by atoms with Crippen LogP contribution in [0.15, 0.2) is 22.9 Å².